The highest BCUT2D eigenvalue weighted by Crippen LogP contribution is 2.26. The monoisotopic (exact) mass is 258 g/mol. The molecule has 0 atom stereocenters. The summed E-state index contributed by atoms with van der Waals surface area (Å²) in [7, 11) is 1.95. The molecule has 2 N–H and O–H groups in total. The van der Waals surface area contributed by atoms with Gasteiger partial charge in [0, 0.05) is 12.4 Å². The van der Waals surface area contributed by atoms with E-state index in [1.807, 2.05) is 36.4 Å². The summed E-state index contributed by atoms with van der Waals surface area (Å²) >= 11 is 1.63. The second-order valence-electron chi connectivity index (χ2n) is 4.06. The number of benzene rings is 1. The van der Waals surface area contributed by atoms with Crippen LogP contribution >= 0.6 is 11.3 Å². The number of aromatic nitrogens is 1. The van der Waals surface area contributed by atoms with Crippen molar-refractivity contribution in [1.29, 1.82) is 5.26 Å². The van der Waals surface area contributed by atoms with Crippen LogP contribution in [0, 0.1) is 18.3 Å². The van der Waals surface area contributed by atoms with Crippen LogP contribution in [0.5, 0.6) is 0 Å². The first-order valence-electron chi connectivity index (χ1n) is 5.52. The Hall–Kier alpha value is -2.06. The van der Waals surface area contributed by atoms with Gasteiger partial charge in [-0.2, -0.15) is 5.26 Å². The molecule has 0 aliphatic carbocycles. The van der Waals surface area contributed by atoms with Crippen LogP contribution in [-0.4, -0.2) is 12.0 Å². The van der Waals surface area contributed by atoms with Gasteiger partial charge in [0.05, 0.1) is 34.2 Å². The molecule has 5 heteroatoms. The van der Waals surface area contributed by atoms with Crippen LogP contribution in [0.2, 0.25) is 0 Å². The first kappa shape index (κ1) is 12.4. The van der Waals surface area contributed by atoms with Gasteiger partial charge in [0.15, 0.2) is 0 Å². The van der Waals surface area contributed by atoms with E-state index in [9.17, 15) is 0 Å². The standard InChI is InChI=1S/C13H14N4S/c1-9-16-11(8-18-9)7-17(2)12-5-3-4-10(6-14)13(12)15/h3-5,8H,7,15H2,1-2H3. The van der Waals surface area contributed by atoms with E-state index in [1.54, 1.807) is 17.4 Å². The zero-order chi connectivity index (χ0) is 13.1. The molecule has 0 saturated carbocycles. The van der Waals surface area contributed by atoms with E-state index in [0.717, 1.165) is 16.4 Å². The quantitative estimate of drug-likeness (QED) is 0.859. The molecule has 0 fully saturated rings. The molecule has 0 bridgehead atoms. The number of thiazole rings is 1. The second kappa shape index (κ2) is 5.07. The van der Waals surface area contributed by atoms with E-state index in [4.69, 9.17) is 11.0 Å². The SMILES string of the molecule is Cc1nc(CN(C)c2cccc(C#N)c2N)cs1. The molecule has 0 aliphatic heterocycles. The van der Waals surface area contributed by atoms with Crippen molar-refractivity contribution < 1.29 is 0 Å². The molecule has 92 valence electrons. The Balaban J connectivity index is 2.24. The smallest absolute Gasteiger partial charge is 0.101 e. The zero-order valence-corrected chi connectivity index (χ0v) is 11.2. The summed E-state index contributed by atoms with van der Waals surface area (Å²) in [5.74, 6) is 0. The van der Waals surface area contributed by atoms with Gasteiger partial charge in [-0.1, -0.05) is 6.07 Å². The lowest BCUT2D eigenvalue weighted by molar-refractivity contribution is 0.891. The predicted molar refractivity (Wildman–Crippen MR) is 74.5 cm³/mol. The van der Waals surface area contributed by atoms with Crippen molar-refractivity contribution in [3.05, 3.63) is 39.8 Å². The van der Waals surface area contributed by atoms with Crippen LogP contribution in [0.3, 0.4) is 0 Å². The predicted octanol–water partition coefficient (Wildman–Crippen LogP) is 2.54. The van der Waals surface area contributed by atoms with E-state index in [0.29, 0.717) is 17.8 Å². The normalized spacial score (nSPS) is 10.1. The van der Waals surface area contributed by atoms with Crippen LogP contribution in [0.25, 0.3) is 0 Å². The van der Waals surface area contributed by atoms with E-state index in [2.05, 4.69) is 11.1 Å². The molecular formula is C13H14N4S. The van der Waals surface area contributed by atoms with Gasteiger partial charge in [0.1, 0.15) is 6.07 Å². The molecule has 0 amide bonds. The van der Waals surface area contributed by atoms with Crippen molar-refractivity contribution in [1.82, 2.24) is 4.98 Å². The molecule has 0 radical (unpaired) electrons. The van der Waals surface area contributed by atoms with Crippen LogP contribution in [0.15, 0.2) is 23.6 Å². The van der Waals surface area contributed by atoms with Gasteiger partial charge in [-0.05, 0) is 19.1 Å². The Bertz CT molecular complexity index is 597. The minimum Gasteiger partial charge on any atom is -0.396 e. The highest BCUT2D eigenvalue weighted by molar-refractivity contribution is 7.09. The van der Waals surface area contributed by atoms with Crippen LogP contribution < -0.4 is 10.6 Å². The third-order valence-corrected chi connectivity index (χ3v) is 3.50. The number of hydrogen-bond acceptors (Lipinski definition) is 5. The first-order valence-corrected chi connectivity index (χ1v) is 6.40. The molecule has 4 nitrogen and oxygen atoms in total. The molecule has 0 spiro atoms. The van der Waals surface area contributed by atoms with Gasteiger partial charge >= 0.3 is 0 Å². The lowest BCUT2D eigenvalue weighted by atomic mass is 10.1. The van der Waals surface area contributed by atoms with Crippen LogP contribution in [-0.2, 0) is 6.54 Å². The van der Waals surface area contributed by atoms with Crippen molar-refractivity contribution in [3.8, 4) is 6.07 Å². The largest absolute Gasteiger partial charge is 0.396 e. The van der Waals surface area contributed by atoms with Gasteiger partial charge in [-0.25, -0.2) is 4.98 Å². The summed E-state index contributed by atoms with van der Waals surface area (Å²) in [6, 6.07) is 7.57. The molecule has 18 heavy (non-hydrogen) atoms. The molecule has 1 aromatic heterocycles. The number of hydrogen-bond donors (Lipinski definition) is 1. The minimum atomic E-state index is 0.508. The average molecular weight is 258 g/mol. The summed E-state index contributed by atoms with van der Waals surface area (Å²) < 4.78 is 0. The fraction of sp³-hybridized carbons (Fsp3) is 0.231. The van der Waals surface area contributed by atoms with Crippen molar-refractivity contribution >= 4 is 22.7 Å². The Kier molecular flexibility index (Phi) is 3.49. The first-order chi connectivity index (χ1) is 8.61. The van der Waals surface area contributed by atoms with Crippen molar-refractivity contribution in [3.63, 3.8) is 0 Å². The topological polar surface area (TPSA) is 65.9 Å². The Labute approximate surface area is 110 Å². The fourth-order valence-corrected chi connectivity index (χ4v) is 2.40. The van der Waals surface area contributed by atoms with Gasteiger partial charge in [0.2, 0.25) is 0 Å². The van der Waals surface area contributed by atoms with Crippen molar-refractivity contribution in [2.45, 2.75) is 13.5 Å². The van der Waals surface area contributed by atoms with Gasteiger partial charge in [-0.3, -0.25) is 0 Å². The van der Waals surface area contributed by atoms with Crippen LogP contribution in [0.4, 0.5) is 11.4 Å². The second-order valence-corrected chi connectivity index (χ2v) is 5.13. The number of para-hydroxylation sites is 1. The van der Waals surface area contributed by atoms with E-state index < -0.39 is 0 Å². The highest BCUT2D eigenvalue weighted by atomic mass is 32.1. The van der Waals surface area contributed by atoms with Gasteiger partial charge in [0.25, 0.3) is 0 Å². The summed E-state index contributed by atoms with van der Waals surface area (Å²) in [5.41, 5.74) is 8.88. The number of nitriles is 1. The van der Waals surface area contributed by atoms with E-state index in [1.165, 1.54) is 0 Å². The maximum Gasteiger partial charge on any atom is 0.101 e. The lowest BCUT2D eigenvalue weighted by Gasteiger charge is -2.20. The maximum atomic E-state index is 8.96. The number of rotatable bonds is 3. The molecular weight excluding hydrogens is 244 g/mol. The molecule has 2 aromatic rings. The minimum absolute atomic E-state index is 0.508. The maximum absolute atomic E-state index is 8.96. The molecule has 2 rings (SSSR count). The van der Waals surface area contributed by atoms with E-state index >= 15 is 0 Å². The molecule has 0 unspecified atom stereocenters. The summed E-state index contributed by atoms with van der Waals surface area (Å²) in [6.45, 7) is 2.67. The fourth-order valence-electron chi connectivity index (χ4n) is 1.79. The summed E-state index contributed by atoms with van der Waals surface area (Å²) in [6.07, 6.45) is 0. The number of nitrogens with two attached hydrogens (primary N) is 1. The lowest BCUT2D eigenvalue weighted by Crippen LogP contribution is -2.18. The summed E-state index contributed by atoms with van der Waals surface area (Å²) in [5, 5.41) is 12.0. The van der Waals surface area contributed by atoms with E-state index in [-0.39, 0.29) is 0 Å². The Morgan fingerprint density at radius 2 is 2.28 bits per heavy atom. The molecule has 1 heterocycles. The van der Waals surface area contributed by atoms with Crippen molar-refractivity contribution in [2.24, 2.45) is 0 Å². The van der Waals surface area contributed by atoms with Gasteiger partial charge < -0.3 is 10.6 Å². The zero-order valence-electron chi connectivity index (χ0n) is 10.3. The number of nitrogen functional groups attached to an aromatic ring is 1. The molecule has 1 aromatic carbocycles. The van der Waals surface area contributed by atoms with Crippen LogP contribution in [0.1, 0.15) is 16.3 Å². The number of aryl methyl sites for hydroxylation is 1. The van der Waals surface area contributed by atoms with Crippen molar-refractivity contribution in [2.75, 3.05) is 17.7 Å². The highest BCUT2D eigenvalue weighted by Gasteiger charge is 2.10. The molecule has 0 saturated heterocycles. The molecule has 0 aliphatic rings. The average Bonchev–Trinajstić information content (AvgIpc) is 2.75. The van der Waals surface area contributed by atoms with Gasteiger partial charge in [-0.15, -0.1) is 11.3 Å². The third kappa shape index (κ3) is 2.44. The third-order valence-electron chi connectivity index (χ3n) is 2.68. The number of nitrogens with zero attached hydrogens (tertiary/aromatic N) is 3. The summed E-state index contributed by atoms with van der Waals surface area (Å²) in [4.78, 5) is 6.42. The Morgan fingerprint density at radius 3 is 2.89 bits per heavy atom. The Morgan fingerprint density at radius 1 is 1.50 bits per heavy atom. The number of anilines is 2.